The van der Waals surface area contributed by atoms with Gasteiger partial charge in [0.15, 0.2) is 0 Å². The molecule has 0 saturated carbocycles. The Balaban J connectivity index is 1.86. The Kier molecular flexibility index (Phi) is 6.48. The number of carboxylic acids is 1. The second kappa shape index (κ2) is 8.58. The molecule has 0 aliphatic rings. The molecule has 1 atom stereocenters. The van der Waals surface area contributed by atoms with Gasteiger partial charge < -0.3 is 14.5 Å². The molecule has 2 heterocycles. The van der Waals surface area contributed by atoms with Crippen LogP contribution < -0.4 is 0 Å². The van der Waals surface area contributed by atoms with Gasteiger partial charge in [-0.2, -0.15) is 4.98 Å². The fraction of sp³-hybridized carbons (Fsp3) is 0.500. The Morgan fingerprint density at radius 1 is 1.46 bits per heavy atom. The maximum atomic E-state index is 12.3. The first-order chi connectivity index (χ1) is 11.5. The van der Waals surface area contributed by atoms with Gasteiger partial charge in [0.1, 0.15) is 6.54 Å². The molecule has 2 aromatic rings. The highest BCUT2D eigenvalue weighted by molar-refractivity contribution is 7.13. The molecule has 0 aliphatic heterocycles. The van der Waals surface area contributed by atoms with Gasteiger partial charge in [-0.3, -0.25) is 9.59 Å². The van der Waals surface area contributed by atoms with Crippen molar-refractivity contribution in [2.75, 3.05) is 6.54 Å². The third kappa shape index (κ3) is 4.89. The number of carbonyl (C=O) groups is 2. The van der Waals surface area contributed by atoms with E-state index in [1.165, 1.54) is 16.2 Å². The fourth-order valence-electron chi connectivity index (χ4n) is 2.25. The summed E-state index contributed by atoms with van der Waals surface area (Å²) in [5.41, 5.74) is 0. The maximum absolute atomic E-state index is 12.3. The summed E-state index contributed by atoms with van der Waals surface area (Å²) in [5.74, 6) is -0.121. The Morgan fingerprint density at radius 2 is 2.25 bits per heavy atom. The van der Waals surface area contributed by atoms with Crippen molar-refractivity contribution in [3.8, 4) is 10.7 Å². The molecule has 0 saturated heterocycles. The van der Waals surface area contributed by atoms with Crippen LogP contribution in [0.15, 0.2) is 22.0 Å². The normalized spacial score (nSPS) is 12.1. The lowest BCUT2D eigenvalue weighted by atomic mass is 10.1. The van der Waals surface area contributed by atoms with E-state index in [4.69, 9.17) is 9.63 Å². The number of rotatable bonds is 9. The maximum Gasteiger partial charge on any atom is 0.323 e. The SMILES string of the molecule is CCC(C)N(CC(=O)O)C(=O)CCCc1nc(-c2cccs2)no1. The van der Waals surface area contributed by atoms with Crippen molar-refractivity contribution in [2.24, 2.45) is 0 Å². The summed E-state index contributed by atoms with van der Waals surface area (Å²) in [6.45, 7) is 3.51. The van der Waals surface area contributed by atoms with Crippen molar-refractivity contribution in [3.05, 3.63) is 23.4 Å². The molecule has 0 aromatic carbocycles. The summed E-state index contributed by atoms with van der Waals surface area (Å²) in [4.78, 5) is 29.8. The van der Waals surface area contributed by atoms with Gasteiger partial charge in [0.2, 0.25) is 17.6 Å². The van der Waals surface area contributed by atoms with Crippen LogP contribution in [-0.4, -0.2) is 44.6 Å². The van der Waals surface area contributed by atoms with E-state index in [1.54, 1.807) is 0 Å². The molecule has 0 spiro atoms. The first-order valence-electron chi connectivity index (χ1n) is 7.89. The summed E-state index contributed by atoms with van der Waals surface area (Å²) < 4.78 is 5.19. The third-order valence-corrected chi connectivity index (χ3v) is 4.61. The number of hydrogen-bond acceptors (Lipinski definition) is 6. The van der Waals surface area contributed by atoms with Crippen LogP contribution in [0.5, 0.6) is 0 Å². The van der Waals surface area contributed by atoms with Gasteiger partial charge in [-0.05, 0) is 31.2 Å². The van der Waals surface area contributed by atoms with Crippen LogP contribution in [-0.2, 0) is 16.0 Å². The van der Waals surface area contributed by atoms with Gasteiger partial charge in [-0.25, -0.2) is 0 Å². The highest BCUT2D eigenvalue weighted by atomic mass is 32.1. The zero-order valence-corrected chi connectivity index (χ0v) is 14.6. The Hall–Kier alpha value is -2.22. The molecule has 1 N–H and O–H groups in total. The van der Waals surface area contributed by atoms with E-state index in [9.17, 15) is 9.59 Å². The number of carbonyl (C=O) groups excluding carboxylic acids is 1. The van der Waals surface area contributed by atoms with E-state index in [2.05, 4.69) is 10.1 Å². The van der Waals surface area contributed by atoms with Gasteiger partial charge in [-0.15, -0.1) is 11.3 Å². The second-order valence-electron chi connectivity index (χ2n) is 5.52. The molecule has 1 unspecified atom stereocenters. The lowest BCUT2D eigenvalue weighted by molar-refractivity contribution is -0.146. The zero-order valence-electron chi connectivity index (χ0n) is 13.8. The molecular weight excluding hydrogens is 330 g/mol. The van der Waals surface area contributed by atoms with E-state index in [0.29, 0.717) is 31.0 Å². The average Bonchev–Trinajstić information content (AvgIpc) is 3.22. The number of thiophene rings is 1. The predicted molar refractivity (Wildman–Crippen MR) is 89.7 cm³/mol. The summed E-state index contributed by atoms with van der Waals surface area (Å²) >= 11 is 1.53. The van der Waals surface area contributed by atoms with Crippen molar-refractivity contribution < 1.29 is 19.2 Å². The van der Waals surface area contributed by atoms with Gasteiger partial charge in [0.05, 0.1) is 4.88 Å². The van der Waals surface area contributed by atoms with E-state index in [-0.39, 0.29) is 24.9 Å². The Labute approximate surface area is 144 Å². The number of aromatic nitrogens is 2. The van der Waals surface area contributed by atoms with Crippen molar-refractivity contribution >= 4 is 23.2 Å². The molecule has 0 bridgehead atoms. The van der Waals surface area contributed by atoms with Crippen LogP contribution in [0.1, 0.15) is 39.0 Å². The minimum atomic E-state index is -0.999. The highest BCUT2D eigenvalue weighted by Crippen LogP contribution is 2.21. The monoisotopic (exact) mass is 351 g/mol. The van der Waals surface area contributed by atoms with Crippen molar-refractivity contribution in [1.82, 2.24) is 15.0 Å². The molecule has 8 heteroatoms. The molecule has 2 rings (SSSR count). The molecule has 2 aromatic heterocycles. The van der Waals surface area contributed by atoms with E-state index < -0.39 is 5.97 Å². The van der Waals surface area contributed by atoms with E-state index >= 15 is 0 Å². The molecule has 0 aliphatic carbocycles. The first kappa shape index (κ1) is 18.1. The summed E-state index contributed by atoms with van der Waals surface area (Å²) in [7, 11) is 0. The summed E-state index contributed by atoms with van der Waals surface area (Å²) in [6.07, 6.45) is 2.00. The number of amides is 1. The van der Waals surface area contributed by atoms with Crippen LogP contribution in [0.2, 0.25) is 0 Å². The van der Waals surface area contributed by atoms with Crippen molar-refractivity contribution in [1.29, 1.82) is 0 Å². The first-order valence-corrected chi connectivity index (χ1v) is 8.77. The van der Waals surface area contributed by atoms with E-state index in [0.717, 1.165) is 4.88 Å². The summed E-state index contributed by atoms with van der Waals surface area (Å²) in [6, 6.07) is 3.74. The number of hydrogen-bond donors (Lipinski definition) is 1. The van der Waals surface area contributed by atoms with Gasteiger partial charge >= 0.3 is 5.97 Å². The van der Waals surface area contributed by atoms with Crippen molar-refractivity contribution in [3.63, 3.8) is 0 Å². The lowest BCUT2D eigenvalue weighted by Crippen LogP contribution is -2.41. The van der Waals surface area contributed by atoms with Gasteiger partial charge in [-0.1, -0.05) is 18.1 Å². The molecule has 0 radical (unpaired) electrons. The molecule has 1 amide bonds. The molecule has 24 heavy (non-hydrogen) atoms. The molecular formula is C16H21N3O4S. The van der Waals surface area contributed by atoms with E-state index in [1.807, 2.05) is 31.4 Å². The fourth-order valence-corrected chi connectivity index (χ4v) is 2.90. The second-order valence-corrected chi connectivity index (χ2v) is 6.46. The predicted octanol–water partition coefficient (Wildman–Crippen LogP) is 2.83. The standard InChI is InChI=1S/C16H21N3O4S/c1-3-11(2)19(10-15(21)22)14(20)8-4-7-13-17-16(18-23-13)12-6-5-9-24-12/h5-6,9,11H,3-4,7-8,10H2,1-2H3,(H,21,22). The number of carboxylic acid groups (broad SMARTS) is 1. The van der Waals surface area contributed by atoms with Crippen LogP contribution in [0, 0.1) is 0 Å². The molecule has 0 fully saturated rings. The largest absolute Gasteiger partial charge is 0.480 e. The van der Waals surface area contributed by atoms with Gasteiger partial charge in [0, 0.05) is 18.9 Å². The summed E-state index contributed by atoms with van der Waals surface area (Å²) in [5, 5.41) is 14.8. The van der Waals surface area contributed by atoms with Crippen LogP contribution >= 0.6 is 11.3 Å². The third-order valence-electron chi connectivity index (χ3n) is 3.74. The minimum Gasteiger partial charge on any atom is -0.480 e. The number of nitrogens with zero attached hydrogens (tertiary/aromatic N) is 3. The zero-order chi connectivity index (χ0) is 17.5. The quantitative estimate of drug-likeness (QED) is 0.746. The number of aliphatic carboxylic acids is 1. The number of aryl methyl sites for hydroxylation is 1. The smallest absolute Gasteiger partial charge is 0.323 e. The van der Waals surface area contributed by atoms with Crippen LogP contribution in [0.3, 0.4) is 0 Å². The Morgan fingerprint density at radius 3 is 2.88 bits per heavy atom. The minimum absolute atomic E-state index is 0.0950. The highest BCUT2D eigenvalue weighted by Gasteiger charge is 2.21. The average molecular weight is 351 g/mol. The Bertz CT molecular complexity index is 669. The van der Waals surface area contributed by atoms with Crippen LogP contribution in [0.25, 0.3) is 10.7 Å². The lowest BCUT2D eigenvalue weighted by Gasteiger charge is -2.26. The van der Waals surface area contributed by atoms with Gasteiger partial charge in [0.25, 0.3) is 0 Å². The topological polar surface area (TPSA) is 96.5 Å². The molecule has 7 nitrogen and oxygen atoms in total. The molecule has 130 valence electrons. The van der Waals surface area contributed by atoms with Crippen LogP contribution in [0.4, 0.5) is 0 Å². The van der Waals surface area contributed by atoms with Crippen molar-refractivity contribution in [2.45, 2.75) is 45.6 Å².